The fourth-order valence-electron chi connectivity index (χ4n) is 3.22. The number of aromatic nitrogens is 4. The molecule has 7 nitrogen and oxygen atoms in total. The number of hydrogen-bond acceptors (Lipinski definition) is 5. The Balaban J connectivity index is 1.79. The molecular weight excluding hydrogens is 416 g/mol. The van der Waals surface area contributed by atoms with Gasteiger partial charge in [-0.1, -0.05) is 4.98 Å². The highest BCUT2D eigenvalue weighted by Crippen LogP contribution is 2.30. The topological polar surface area (TPSA) is 81.9 Å². The first-order valence-corrected chi connectivity index (χ1v) is 9.03. The van der Waals surface area contributed by atoms with E-state index in [1.54, 1.807) is 23.6 Å². The van der Waals surface area contributed by atoms with Crippen LogP contribution in [0.4, 0.5) is 35.0 Å². The van der Waals surface area contributed by atoms with Gasteiger partial charge in [-0.3, -0.25) is 9.88 Å². The van der Waals surface area contributed by atoms with E-state index in [4.69, 9.17) is 10.6 Å². The van der Waals surface area contributed by atoms with E-state index in [1.807, 2.05) is 0 Å². The third kappa shape index (κ3) is 3.81. The first kappa shape index (κ1) is 20.4. The fourth-order valence-corrected chi connectivity index (χ4v) is 3.22. The van der Waals surface area contributed by atoms with Gasteiger partial charge in [-0.05, 0) is 48.1 Å². The minimum absolute atomic E-state index is 0.126. The molecule has 160 valence electrons. The van der Waals surface area contributed by atoms with Crippen LogP contribution in [0.3, 0.4) is 0 Å². The highest BCUT2D eigenvalue weighted by molar-refractivity contribution is 5.78. The van der Waals surface area contributed by atoms with Crippen molar-refractivity contribution in [2.75, 3.05) is 18.2 Å². The summed E-state index contributed by atoms with van der Waals surface area (Å²) in [5.74, 6) is 0.792. The summed E-state index contributed by atoms with van der Waals surface area (Å²) >= 11 is 0. The summed E-state index contributed by atoms with van der Waals surface area (Å²) in [6, 6.07) is 10.2. The lowest BCUT2D eigenvalue weighted by molar-refractivity contribution is -0.864. The van der Waals surface area contributed by atoms with E-state index >= 15 is 0 Å². The predicted molar refractivity (Wildman–Crippen MR) is 105 cm³/mol. The normalized spacial score (nSPS) is 11.7. The van der Waals surface area contributed by atoms with Crippen molar-refractivity contribution in [3.05, 3.63) is 65.7 Å². The Morgan fingerprint density at radius 1 is 1.06 bits per heavy atom. The van der Waals surface area contributed by atoms with Gasteiger partial charge in [0.1, 0.15) is 18.8 Å². The number of nitrogen functional groups attached to an aromatic ring is 1. The van der Waals surface area contributed by atoms with E-state index in [9.17, 15) is 17.6 Å². The van der Waals surface area contributed by atoms with Gasteiger partial charge in [-0.15, -0.1) is 0 Å². The number of halogens is 4. The summed E-state index contributed by atoms with van der Waals surface area (Å²) < 4.78 is 54.9. The van der Waals surface area contributed by atoms with Crippen LogP contribution in [0, 0.1) is 12.7 Å². The summed E-state index contributed by atoms with van der Waals surface area (Å²) in [5, 5.41) is 2.91. The zero-order chi connectivity index (χ0) is 22.3. The molecular formula is C20H17F4N6O+. The number of rotatable bonds is 4. The summed E-state index contributed by atoms with van der Waals surface area (Å²) in [7, 11) is 1.37. The van der Waals surface area contributed by atoms with Gasteiger partial charge in [0.05, 0.1) is 28.4 Å². The average Bonchev–Trinajstić information content (AvgIpc) is 3.02. The van der Waals surface area contributed by atoms with Crippen LogP contribution >= 0.6 is 0 Å². The lowest BCUT2D eigenvalue weighted by Gasteiger charge is -2.11. The third-order valence-corrected chi connectivity index (χ3v) is 4.59. The molecule has 2 heterocycles. The number of fused-ring (bicyclic) bond motifs is 1. The zero-order valence-corrected chi connectivity index (χ0v) is 16.4. The minimum Gasteiger partial charge on any atom is -0.371 e. The SMILES string of the molecule is CO[n+]1c(N)cc(-n2c(C)nc3cc(F)ccc32)nc1Nc1ccc(C(F)(F)F)cc1. The molecule has 0 aliphatic heterocycles. The van der Waals surface area contributed by atoms with Gasteiger partial charge in [0, 0.05) is 6.07 Å². The highest BCUT2D eigenvalue weighted by atomic mass is 19.4. The molecule has 0 radical (unpaired) electrons. The maximum absolute atomic E-state index is 13.6. The lowest BCUT2D eigenvalue weighted by atomic mass is 10.2. The maximum Gasteiger partial charge on any atom is 0.416 e. The summed E-state index contributed by atoms with van der Waals surface area (Å²) in [4.78, 5) is 14.1. The molecule has 0 aliphatic carbocycles. The number of nitrogens with zero attached hydrogens (tertiary/aromatic N) is 4. The highest BCUT2D eigenvalue weighted by Gasteiger charge is 2.30. The average molecular weight is 433 g/mol. The van der Waals surface area contributed by atoms with Crippen molar-refractivity contribution in [3.8, 4) is 5.82 Å². The van der Waals surface area contributed by atoms with Crippen molar-refractivity contribution in [2.24, 2.45) is 0 Å². The molecule has 0 amide bonds. The Morgan fingerprint density at radius 3 is 2.42 bits per heavy atom. The summed E-state index contributed by atoms with van der Waals surface area (Å²) in [6.45, 7) is 1.73. The number of nitrogens with one attached hydrogen (secondary N) is 1. The minimum atomic E-state index is -4.44. The molecule has 0 fully saturated rings. The van der Waals surface area contributed by atoms with E-state index < -0.39 is 17.6 Å². The van der Waals surface area contributed by atoms with Crippen LogP contribution in [0.1, 0.15) is 11.4 Å². The van der Waals surface area contributed by atoms with Gasteiger partial charge >= 0.3 is 12.1 Å². The molecule has 4 rings (SSSR count). The van der Waals surface area contributed by atoms with Gasteiger partial charge < -0.3 is 10.6 Å². The first-order chi connectivity index (χ1) is 14.7. The zero-order valence-electron chi connectivity index (χ0n) is 16.4. The van der Waals surface area contributed by atoms with Crippen molar-refractivity contribution in [1.82, 2.24) is 14.5 Å². The molecule has 2 aromatic heterocycles. The Bertz CT molecular complexity index is 1270. The molecule has 0 atom stereocenters. The van der Waals surface area contributed by atoms with Gasteiger partial charge in [0.25, 0.3) is 0 Å². The van der Waals surface area contributed by atoms with Gasteiger partial charge in [0.15, 0.2) is 0 Å². The summed E-state index contributed by atoms with van der Waals surface area (Å²) in [5.41, 5.74) is 6.74. The molecule has 0 unspecified atom stereocenters. The number of alkyl halides is 3. The smallest absolute Gasteiger partial charge is 0.371 e. The molecule has 0 aliphatic rings. The van der Waals surface area contributed by atoms with Crippen molar-refractivity contribution in [1.29, 1.82) is 0 Å². The number of anilines is 3. The number of hydrogen-bond donors (Lipinski definition) is 2. The Kier molecular flexibility index (Phi) is 4.88. The van der Waals surface area contributed by atoms with Crippen LogP contribution in [0.2, 0.25) is 0 Å². The second kappa shape index (κ2) is 7.42. The fraction of sp³-hybridized carbons (Fsp3) is 0.150. The molecule has 31 heavy (non-hydrogen) atoms. The number of benzene rings is 2. The number of imidazole rings is 1. The molecule has 11 heteroatoms. The molecule has 3 N–H and O–H groups in total. The van der Waals surface area contributed by atoms with Crippen molar-refractivity contribution in [2.45, 2.75) is 13.1 Å². The van der Waals surface area contributed by atoms with Gasteiger partial charge in [-0.25, -0.2) is 9.37 Å². The number of nitrogens with two attached hydrogens (primary N) is 1. The van der Waals surface area contributed by atoms with E-state index in [0.717, 1.165) is 12.1 Å². The van der Waals surface area contributed by atoms with E-state index in [2.05, 4.69) is 15.3 Å². The van der Waals surface area contributed by atoms with Crippen LogP contribution < -0.4 is 20.6 Å². The molecule has 0 spiro atoms. The molecule has 4 aromatic rings. The van der Waals surface area contributed by atoms with Crippen LogP contribution in [-0.2, 0) is 6.18 Å². The predicted octanol–water partition coefficient (Wildman–Crippen LogP) is 3.56. The maximum atomic E-state index is 13.6. The second-order valence-corrected chi connectivity index (χ2v) is 6.67. The Labute approximate surface area is 173 Å². The second-order valence-electron chi connectivity index (χ2n) is 6.67. The Hall–Kier alpha value is -3.89. The monoisotopic (exact) mass is 433 g/mol. The summed E-state index contributed by atoms with van der Waals surface area (Å²) in [6.07, 6.45) is -4.44. The van der Waals surface area contributed by atoms with Gasteiger partial charge in [0.2, 0.25) is 11.6 Å². The van der Waals surface area contributed by atoms with Crippen molar-refractivity contribution >= 4 is 28.5 Å². The first-order valence-electron chi connectivity index (χ1n) is 9.03. The van der Waals surface area contributed by atoms with Crippen LogP contribution in [0.25, 0.3) is 16.9 Å². The van der Waals surface area contributed by atoms with Crippen LogP contribution in [0.15, 0.2) is 48.5 Å². The molecule has 0 saturated carbocycles. The van der Waals surface area contributed by atoms with E-state index in [1.165, 1.54) is 36.1 Å². The largest absolute Gasteiger partial charge is 0.416 e. The van der Waals surface area contributed by atoms with Crippen molar-refractivity contribution < 1.29 is 27.1 Å². The van der Waals surface area contributed by atoms with Crippen LogP contribution in [-0.4, -0.2) is 21.6 Å². The number of aryl methyl sites for hydroxylation is 1. The molecule has 0 bridgehead atoms. The quantitative estimate of drug-likeness (QED) is 0.380. The lowest BCUT2D eigenvalue weighted by Crippen LogP contribution is -2.46. The van der Waals surface area contributed by atoms with E-state index in [-0.39, 0.29) is 11.8 Å². The Morgan fingerprint density at radius 2 is 1.77 bits per heavy atom. The van der Waals surface area contributed by atoms with Gasteiger partial charge in [-0.2, -0.15) is 13.2 Å². The van der Waals surface area contributed by atoms with Crippen LogP contribution in [0.5, 0.6) is 0 Å². The van der Waals surface area contributed by atoms with E-state index in [0.29, 0.717) is 28.4 Å². The molecule has 2 aromatic carbocycles. The molecule has 0 saturated heterocycles. The third-order valence-electron chi connectivity index (χ3n) is 4.59. The van der Waals surface area contributed by atoms with Crippen molar-refractivity contribution in [3.63, 3.8) is 0 Å². The standard InChI is InChI=1S/C20H16F4N6O/c1-11-26-15-9-13(21)5-8-16(15)29(11)18-10-17(25)30(31-2)19(28-18)27-14-6-3-12(4-7-14)20(22,23)24/h3-10H,1-2H3,(H2,25,27,28)/p+1.